The molecule has 0 unspecified atom stereocenters. The maximum atomic E-state index is 14.9. The summed E-state index contributed by atoms with van der Waals surface area (Å²) in [4.78, 5) is 14.7. The van der Waals surface area contributed by atoms with Crippen LogP contribution in [-0.4, -0.2) is 57.3 Å². The summed E-state index contributed by atoms with van der Waals surface area (Å²) < 4.78 is 136. The van der Waals surface area contributed by atoms with Gasteiger partial charge in [0.15, 0.2) is 9.84 Å². The Labute approximate surface area is 230 Å². The number of hydrogen-bond donors (Lipinski definition) is 1. The molecule has 0 bridgehead atoms. The minimum atomic E-state index is -6.33. The molecule has 14 heteroatoms. The van der Waals surface area contributed by atoms with E-state index in [1.165, 1.54) is 4.90 Å². The average Bonchev–Trinajstić information content (AvgIpc) is 3.33. The summed E-state index contributed by atoms with van der Waals surface area (Å²) >= 11 is 0. The maximum Gasteiger partial charge on any atom is 0.435 e. The fourth-order valence-electron chi connectivity index (χ4n) is 6.62. The van der Waals surface area contributed by atoms with Gasteiger partial charge in [0.1, 0.15) is 10.6 Å². The normalized spacial score (nSPS) is 24.2. The topological polar surface area (TPSA) is 66.5 Å². The molecule has 0 saturated carbocycles. The average molecular weight is 611 g/mol. The summed E-state index contributed by atoms with van der Waals surface area (Å²) in [6.07, 6.45) is -12.1. The lowest BCUT2D eigenvalue weighted by atomic mass is 9.76. The van der Waals surface area contributed by atoms with Gasteiger partial charge in [0.25, 0.3) is 0 Å². The Kier molecular flexibility index (Phi) is 7.20. The van der Waals surface area contributed by atoms with Crippen LogP contribution in [0.5, 0.6) is 0 Å². The highest BCUT2D eigenvalue weighted by atomic mass is 32.2. The van der Waals surface area contributed by atoms with Crippen molar-refractivity contribution in [2.24, 2.45) is 5.92 Å². The molecule has 2 saturated heterocycles. The second-order valence-corrected chi connectivity index (χ2v) is 12.9. The number of benzene rings is 2. The van der Waals surface area contributed by atoms with Crippen molar-refractivity contribution in [2.45, 2.75) is 65.8 Å². The minimum Gasteiger partial charge on any atom is -0.337 e. The van der Waals surface area contributed by atoms with E-state index in [0.29, 0.717) is 38.1 Å². The number of likely N-dealkylation sites (tertiary alicyclic amines) is 1. The molecule has 0 spiro atoms. The third kappa shape index (κ3) is 4.43. The Morgan fingerprint density at radius 3 is 2.10 bits per heavy atom. The second-order valence-electron chi connectivity index (χ2n) is 10.7. The summed E-state index contributed by atoms with van der Waals surface area (Å²) in [5, 5.41) is 3.14. The molecule has 3 aliphatic rings. The zero-order chi connectivity index (χ0) is 30.0. The fraction of sp³-hybridized carbons (Fsp3) is 0.519. The molecule has 0 radical (unpaired) electrons. The molecule has 2 heterocycles. The number of piperidine rings is 1. The van der Waals surface area contributed by atoms with E-state index >= 15 is 0 Å². The lowest BCUT2D eigenvalue weighted by molar-refractivity contribution is -0.348. The van der Waals surface area contributed by atoms with Crippen LogP contribution in [0, 0.1) is 11.7 Å². The molecule has 1 amide bonds. The van der Waals surface area contributed by atoms with E-state index in [4.69, 9.17) is 0 Å². The highest BCUT2D eigenvalue weighted by Gasteiger charge is 2.74. The molecule has 0 aromatic heterocycles. The van der Waals surface area contributed by atoms with E-state index in [0.717, 1.165) is 30.3 Å². The number of amides is 1. The monoisotopic (exact) mass is 610 g/mol. The number of carbonyl (C=O) groups excluding carboxylic acids is 1. The van der Waals surface area contributed by atoms with Gasteiger partial charge in [0.2, 0.25) is 5.91 Å². The quantitative estimate of drug-likeness (QED) is 0.376. The standard InChI is InChI=1S/C27H26F8N2O3S/c28-19-3-5-20(6-4-19)41(39,40)24-11-14-37(23(38)16-9-12-36-13-10-16)22(24)8-1-17-15-18(2-7-21(17)24)25(29,26(30,31)32)27(33,34)35/h2-7,15-16,22,36H,1,8-14H2/t22-,24-/m1/s1. The molecular weight excluding hydrogens is 584 g/mol. The van der Waals surface area contributed by atoms with Gasteiger partial charge in [0, 0.05) is 18.0 Å². The van der Waals surface area contributed by atoms with Crippen molar-refractivity contribution in [2.75, 3.05) is 19.6 Å². The molecule has 2 aromatic carbocycles. The van der Waals surface area contributed by atoms with Crippen molar-refractivity contribution < 1.29 is 48.3 Å². The highest BCUT2D eigenvalue weighted by Crippen LogP contribution is 2.56. The van der Waals surface area contributed by atoms with Crippen LogP contribution in [0.3, 0.4) is 0 Å². The van der Waals surface area contributed by atoms with Crippen molar-refractivity contribution in [1.29, 1.82) is 0 Å². The summed E-state index contributed by atoms with van der Waals surface area (Å²) in [7, 11) is -4.50. The van der Waals surface area contributed by atoms with E-state index in [-0.39, 0.29) is 53.7 Å². The van der Waals surface area contributed by atoms with E-state index in [1.54, 1.807) is 0 Å². The molecule has 41 heavy (non-hydrogen) atoms. The lowest BCUT2D eigenvalue weighted by Gasteiger charge is -2.43. The van der Waals surface area contributed by atoms with E-state index in [2.05, 4.69) is 5.32 Å². The number of sulfone groups is 1. The maximum absolute atomic E-state index is 14.9. The number of nitrogens with one attached hydrogen (secondary N) is 1. The van der Waals surface area contributed by atoms with Crippen molar-refractivity contribution in [3.05, 3.63) is 65.0 Å². The van der Waals surface area contributed by atoms with Crippen LogP contribution in [-0.2, 0) is 31.5 Å². The van der Waals surface area contributed by atoms with Crippen molar-refractivity contribution >= 4 is 15.7 Å². The number of fused-ring (bicyclic) bond motifs is 3. The lowest BCUT2D eigenvalue weighted by Crippen LogP contribution is -2.54. The first-order valence-corrected chi connectivity index (χ1v) is 14.5. The largest absolute Gasteiger partial charge is 0.435 e. The number of hydrogen-bond acceptors (Lipinski definition) is 4. The molecular formula is C27H26F8N2O3S. The Morgan fingerprint density at radius 2 is 1.51 bits per heavy atom. The third-order valence-electron chi connectivity index (χ3n) is 8.64. The molecule has 2 aliphatic heterocycles. The van der Waals surface area contributed by atoms with Gasteiger partial charge >= 0.3 is 18.0 Å². The van der Waals surface area contributed by atoms with E-state index in [1.807, 2.05) is 0 Å². The Balaban J connectivity index is 1.68. The van der Waals surface area contributed by atoms with Gasteiger partial charge in [-0.25, -0.2) is 17.2 Å². The van der Waals surface area contributed by atoms with Crippen LogP contribution in [0.4, 0.5) is 35.1 Å². The van der Waals surface area contributed by atoms with E-state index < -0.39 is 50.0 Å². The first kappa shape index (κ1) is 29.7. The number of alkyl halides is 7. The molecule has 224 valence electrons. The highest BCUT2D eigenvalue weighted by molar-refractivity contribution is 7.92. The first-order chi connectivity index (χ1) is 19.1. The SMILES string of the molecule is O=C(C1CCNCC1)N1CC[C@@]2(S(=O)(=O)c3ccc(F)cc3)c3ccc(C(F)(C(F)(F)F)C(F)(F)F)cc3CC[C@@H]12. The van der Waals surface area contributed by atoms with Crippen LogP contribution >= 0.6 is 0 Å². The third-order valence-corrected chi connectivity index (χ3v) is 11.2. The smallest absolute Gasteiger partial charge is 0.337 e. The second kappa shape index (κ2) is 9.92. The van der Waals surface area contributed by atoms with Gasteiger partial charge in [0.05, 0.1) is 10.9 Å². The number of carbonyl (C=O) groups is 1. The predicted octanol–water partition coefficient (Wildman–Crippen LogP) is 5.33. The minimum absolute atomic E-state index is 0.0206. The molecule has 1 aliphatic carbocycles. The summed E-state index contributed by atoms with van der Waals surface area (Å²) in [5.74, 6) is -1.38. The fourth-order valence-corrected chi connectivity index (χ4v) is 8.99. The summed E-state index contributed by atoms with van der Waals surface area (Å²) in [5.41, 5.74) is -7.66. The zero-order valence-corrected chi connectivity index (χ0v) is 22.3. The Hall–Kier alpha value is -2.74. The molecule has 5 nitrogen and oxygen atoms in total. The van der Waals surface area contributed by atoms with Gasteiger partial charge < -0.3 is 10.2 Å². The summed E-state index contributed by atoms with van der Waals surface area (Å²) in [6.45, 7) is 1.15. The number of halogens is 8. The van der Waals surface area contributed by atoms with Crippen LogP contribution < -0.4 is 5.32 Å². The van der Waals surface area contributed by atoms with Gasteiger partial charge in [-0.05, 0) is 80.6 Å². The van der Waals surface area contributed by atoms with Gasteiger partial charge in [-0.2, -0.15) is 26.3 Å². The molecule has 2 aromatic rings. The molecule has 5 rings (SSSR count). The number of nitrogens with zero attached hydrogens (tertiary/aromatic N) is 1. The number of aryl methyl sites for hydroxylation is 1. The number of rotatable bonds is 4. The van der Waals surface area contributed by atoms with Crippen LogP contribution in [0.2, 0.25) is 0 Å². The summed E-state index contributed by atoms with van der Waals surface area (Å²) in [6, 6.07) is 4.46. The molecule has 2 fully saturated rings. The van der Waals surface area contributed by atoms with Crippen molar-refractivity contribution in [1.82, 2.24) is 10.2 Å². The van der Waals surface area contributed by atoms with Crippen LogP contribution in [0.15, 0.2) is 47.4 Å². The molecule has 2 atom stereocenters. The van der Waals surface area contributed by atoms with Gasteiger partial charge in [-0.1, -0.05) is 18.2 Å². The van der Waals surface area contributed by atoms with Crippen LogP contribution in [0.1, 0.15) is 42.4 Å². The Morgan fingerprint density at radius 1 is 0.902 bits per heavy atom. The van der Waals surface area contributed by atoms with Gasteiger partial charge in [-0.15, -0.1) is 0 Å². The first-order valence-electron chi connectivity index (χ1n) is 13.0. The Bertz CT molecular complexity index is 1420. The van der Waals surface area contributed by atoms with Crippen molar-refractivity contribution in [3.63, 3.8) is 0 Å². The predicted molar refractivity (Wildman–Crippen MR) is 131 cm³/mol. The van der Waals surface area contributed by atoms with Crippen LogP contribution in [0.25, 0.3) is 0 Å². The zero-order valence-electron chi connectivity index (χ0n) is 21.5. The van der Waals surface area contributed by atoms with E-state index in [9.17, 15) is 48.3 Å². The van der Waals surface area contributed by atoms with Gasteiger partial charge in [-0.3, -0.25) is 4.79 Å². The molecule has 1 N–H and O–H groups in total. The van der Waals surface area contributed by atoms with Crippen molar-refractivity contribution in [3.8, 4) is 0 Å².